The van der Waals surface area contributed by atoms with Crippen LogP contribution in [0, 0.1) is 13.8 Å². The van der Waals surface area contributed by atoms with Crippen LogP contribution in [0.25, 0.3) is 11.0 Å². The highest BCUT2D eigenvalue weighted by Crippen LogP contribution is 2.49. The molecule has 1 aliphatic heterocycles. The summed E-state index contributed by atoms with van der Waals surface area (Å²) in [6, 6.07) is 4.15. The first-order valence-corrected chi connectivity index (χ1v) is 11.8. The highest BCUT2D eigenvalue weighted by Gasteiger charge is 2.42. The van der Waals surface area contributed by atoms with Gasteiger partial charge in [-0.1, -0.05) is 37.4 Å². The first-order valence-electron chi connectivity index (χ1n) is 11.4. The molecule has 3 aromatic rings. The van der Waals surface area contributed by atoms with Crippen molar-refractivity contribution in [2.45, 2.75) is 64.6 Å². The minimum Gasteiger partial charge on any atom is -0.459 e. The van der Waals surface area contributed by atoms with Crippen molar-refractivity contribution in [2.75, 3.05) is 12.4 Å². The average molecular weight is 454 g/mol. The van der Waals surface area contributed by atoms with Crippen molar-refractivity contribution in [3.05, 3.63) is 57.8 Å². The summed E-state index contributed by atoms with van der Waals surface area (Å²) in [4.78, 5) is 2.28. The molecule has 1 fully saturated rings. The zero-order valence-corrected chi connectivity index (χ0v) is 20.2. The number of anilines is 1. The molecule has 1 saturated carbocycles. The molecule has 32 heavy (non-hydrogen) atoms. The standard InChI is InChI=1S/C25H32ClN5O/c1-15-20(16(2)31(5)29-15)14-30(4)13-19-11-18-12-21(26)23-22(24(18)32-19)25(28-17(3)27-23)9-7-6-8-10-25/h11-12,27-28H,3,6-10,13-14H2,1-2,4-5H3. The van der Waals surface area contributed by atoms with Gasteiger partial charge in [0.05, 0.1) is 34.3 Å². The van der Waals surface area contributed by atoms with Crippen LogP contribution in [0.3, 0.4) is 0 Å². The van der Waals surface area contributed by atoms with E-state index < -0.39 is 0 Å². The van der Waals surface area contributed by atoms with Gasteiger partial charge in [-0.15, -0.1) is 0 Å². The number of halogens is 1. The largest absolute Gasteiger partial charge is 0.459 e. The molecule has 7 heteroatoms. The van der Waals surface area contributed by atoms with E-state index in [1.165, 1.54) is 36.1 Å². The molecule has 2 aliphatic rings. The molecule has 0 unspecified atom stereocenters. The molecule has 1 spiro atoms. The molecule has 0 bridgehead atoms. The van der Waals surface area contributed by atoms with Gasteiger partial charge in [-0.2, -0.15) is 5.10 Å². The van der Waals surface area contributed by atoms with E-state index in [2.05, 4.69) is 54.2 Å². The molecule has 6 nitrogen and oxygen atoms in total. The van der Waals surface area contributed by atoms with E-state index in [1.807, 2.05) is 17.8 Å². The monoisotopic (exact) mass is 453 g/mol. The number of aromatic nitrogens is 2. The van der Waals surface area contributed by atoms with E-state index in [1.54, 1.807) is 0 Å². The van der Waals surface area contributed by atoms with E-state index in [0.29, 0.717) is 0 Å². The Morgan fingerprint density at radius 1 is 1.22 bits per heavy atom. The van der Waals surface area contributed by atoms with Gasteiger partial charge in [-0.25, -0.2) is 0 Å². The topological polar surface area (TPSA) is 58.3 Å². The first kappa shape index (κ1) is 21.4. The Hall–Kier alpha value is -2.44. The van der Waals surface area contributed by atoms with E-state index >= 15 is 0 Å². The van der Waals surface area contributed by atoms with E-state index in [-0.39, 0.29) is 5.54 Å². The summed E-state index contributed by atoms with van der Waals surface area (Å²) in [5, 5.41) is 13.4. The maximum absolute atomic E-state index is 6.76. The number of aryl methyl sites for hydroxylation is 2. The number of nitrogens with zero attached hydrogens (tertiary/aromatic N) is 3. The van der Waals surface area contributed by atoms with Crippen molar-refractivity contribution < 1.29 is 4.42 Å². The van der Waals surface area contributed by atoms with Gasteiger partial charge in [0.15, 0.2) is 0 Å². The second kappa shape index (κ2) is 7.85. The summed E-state index contributed by atoms with van der Waals surface area (Å²) in [5.74, 6) is 1.76. The maximum atomic E-state index is 6.76. The van der Waals surface area contributed by atoms with Crippen LogP contribution >= 0.6 is 11.6 Å². The van der Waals surface area contributed by atoms with Gasteiger partial charge in [0.25, 0.3) is 0 Å². The molecule has 0 radical (unpaired) electrons. The van der Waals surface area contributed by atoms with Gasteiger partial charge in [-0.05, 0) is 45.9 Å². The van der Waals surface area contributed by atoms with Gasteiger partial charge < -0.3 is 15.1 Å². The molecule has 0 amide bonds. The molecule has 0 atom stereocenters. The molecule has 0 saturated heterocycles. The Balaban J connectivity index is 1.51. The molecule has 3 heterocycles. The van der Waals surface area contributed by atoms with Crippen LogP contribution < -0.4 is 10.6 Å². The Bertz CT molecular complexity index is 1200. The number of hydrogen-bond donors (Lipinski definition) is 2. The summed E-state index contributed by atoms with van der Waals surface area (Å²) in [7, 11) is 4.12. The molecule has 170 valence electrons. The Morgan fingerprint density at radius 2 is 1.97 bits per heavy atom. The SMILES string of the molecule is C=C1Nc2c(Cl)cc3cc(CN(C)Cc4c(C)nn(C)c4C)oc3c2C2(CCCCC2)N1. The Labute approximate surface area is 194 Å². The van der Waals surface area contributed by atoms with Gasteiger partial charge in [-0.3, -0.25) is 9.58 Å². The number of furan rings is 1. The van der Waals surface area contributed by atoms with Crippen molar-refractivity contribution in [1.29, 1.82) is 0 Å². The van der Waals surface area contributed by atoms with Gasteiger partial charge in [0.1, 0.15) is 11.3 Å². The fourth-order valence-corrected chi connectivity index (χ4v) is 5.82. The summed E-state index contributed by atoms with van der Waals surface area (Å²) in [6.07, 6.45) is 5.77. The third-order valence-corrected chi connectivity index (χ3v) is 7.47. The second-order valence-corrected chi connectivity index (χ2v) is 9.96. The highest BCUT2D eigenvalue weighted by atomic mass is 35.5. The van der Waals surface area contributed by atoms with Crippen molar-refractivity contribution in [3.63, 3.8) is 0 Å². The number of benzene rings is 1. The minimum absolute atomic E-state index is 0.163. The Morgan fingerprint density at radius 3 is 2.66 bits per heavy atom. The number of rotatable bonds is 4. The van der Waals surface area contributed by atoms with Gasteiger partial charge in [0, 0.05) is 35.8 Å². The predicted molar refractivity (Wildman–Crippen MR) is 130 cm³/mol. The lowest BCUT2D eigenvalue weighted by atomic mass is 9.74. The molecule has 2 N–H and O–H groups in total. The summed E-state index contributed by atoms with van der Waals surface area (Å²) in [5.41, 5.74) is 6.45. The predicted octanol–water partition coefficient (Wildman–Crippen LogP) is 5.71. The van der Waals surface area contributed by atoms with Crippen LogP contribution in [0.1, 0.15) is 60.4 Å². The van der Waals surface area contributed by atoms with Crippen LogP contribution in [0.4, 0.5) is 5.69 Å². The smallest absolute Gasteiger partial charge is 0.142 e. The van der Waals surface area contributed by atoms with Crippen LogP contribution in [0.2, 0.25) is 5.02 Å². The van der Waals surface area contributed by atoms with Crippen molar-refractivity contribution in [2.24, 2.45) is 7.05 Å². The van der Waals surface area contributed by atoms with Gasteiger partial charge in [0.2, 0.25) is 0 Å². The molecule has 5 rings (SSSR count). The molecule has 2 aromatic heterocycles. The van der Waals surface area contributed by atoms with E-state index in [0.717, 1.165) is 64.9 Å². The van der Waals surface area contributed by atoms with Crippen molar-refractivity contribution in [1.82, 2.24) is 20.0 Å². The fraction of sp³-hybridized carbons (Fsp3) is 0.480. The number of hydrogen-bond acceptors (Lipinski definition) is 5. The number of fused-ring (bicyclic) bond motifs is 4. The molecular formula is C25H32ClN5O. The second-order valence-electron chi connectivity index (χ2n) is 9.56. The summed E-state index contributed by atoms with van der Waals surface area (Å²) >= 11 is 6.76. The van der Waals surface area contributed by atoms with Crippen molar-refractivity contribution >= 4 is 28.3 Å². The fourth-order valence-electron chi connectivity index (χ4n) is 5.56. The Kier molecular flexibility index (Phi) is 5.25. The quantitative estimate of drug-likeness (QED) is 0.529. The molecule has 1 aliphatic carbocycles. The normalized spacial score (nSPS) is 17.6. The van der Waals surface area contributed by atoms with Crippen LogP contribution in [-0.2, 0) is 25.7 Å². The molecular weight excluding hydrogens is 422 g/mol. The van der Waals surface area contributed by atoms with Crippen LogP contribution in [0.5, 0.6) is 0 Å². The lowest BCUT2D eigenvalue weighted by Gasteiger charge is -2.44. The third-order valence-electron chi connectivity index (χ3n) is 7.17. The van der Waals surface area contributed by atoms with Gasteiger partial charge >= 0.3 is 0 Å². The highest BCUT2D eigenvalue weighted by molar-refractivity contribution is 6.34. The van der Waals surface area contributed by atoms with E-state index in [9.17, 15) is 0 Å². The average Bonchev–Trinajstić information content (AvgIpc) is 3.23. The zero-order chi connectivity index (χ0) is 22.6. The lowest BCUT2D eigenvalue weighted by Crippen LogP contribution is -2.48. The molecule has 1 aromatic carbocycles. The number of nitrogens with one attached hydrogen (secondary N) is 2. The summed E-state index contributed by atoms with van der Waals surface area (Å²) < 4.78 is 8.48. The summed E-state index contributed by atoms with van der Waals surface area (Å²) in [6.45, 7) is 9.90. The zero-order valence-electron chi connectivity index (χ0n) is 19.4. The van der Waals surface area contributed by atoms with Crippen molar-refractivity contribution in [3.8, 4) is 0 Å². The van der Waals surface area contributed by atoms with Crippen LogP contribution in [-0.4, -0.2) is 21.7 Å². The lowest BCUT2D eigenvalue weighted by molar-refractivity contribution is 0.248. The van der Waals surface area contributed by atoms with E-state index in [4.69, 9.17) is 16.0 Å². The maximum Gasteiger partial charge on any atom is 0.142 e. The minimum atomic E-state index is -0.163. The third kappa shape index (κ3) is 3.50. The first-order chi connectivity index (χ1) is 15.3. The van der Waals surface area contributed by atoms with Crippen LogP contribution in [0.15, 0.2) is 28.9 Å².